The van der Waals surface area contributed by atoms with Crippen LogP contribution in [0.5, 0.6) is 11.5 Å². The van der Waals surface area contributed by atoms with E-state index < -0.39 is 0 Å². The second-order valence-electron chi connectivity index (χ2n) is 8.75. The summed E-state index contributed by atoms with van der Waals surface area (Å²) in [4.78, 5) is 12.6. The summed E-state index contributed by atoms with van der Waals surface area (Å²) in [6, 6.07) is 16.2. The van der Waals surface area contributed by atoms with Crippen molar-refractivity contribution in [3.05, 3.63) is 59.7 Å². The molecule has 1 aliphatic rings. The van der Waals surface area contributed by atoms with Crippen LogP contribution >= 0.6 is 0 Å². The maximum atomic E-state index is 12.6. The minimum atomic E-state index is 0.0552. The molecule has 5 nitrogen and oxygen atoms in total. The molecule has 0 radical (unpaired) electrons. The number of rotatable bonds is 13. The van der Waals surface area contributed by atoms with Crippen molar-refractivity contribution in [2.75, 3.05) is 26.9 Å². The van der Waals surface area contributed by atoms with Crippen LogP contribution in [0, 0.1) is 12.8 Å². The highest BCUT2D eigenvalue weighted by Crippen LogP contribution is 2.29. The summed E-state index contributed by atoms with van der Waals surface area (Å²) >= 11 is 0. The van der Waals surface area contributed by atoms with E-state index in [1.807, 2.05) is 43.3 Å². The first-order valence-electron chi connectivity index (χ1n) is 11.8. The third-order valence-corrected chi connectivity index (χ3v) is 6.04. The molecular formula is C27H37NO4. The molecule has 1 saturated carbocycles. The predicted octanol–water partition coefficient (Wildman–Crippen LogP) is 5.10. The molecule has 32 heavy (non-hydrogen) atoms. The molecule has 0 bridgehead atoms. The van der Waals surface area contributed by atoms with E-state index in [9.17, 15) is 4.79 Å². The Morgan fingerprint density at radius 2 is 1.56 bits per heavy atom. The quantitative estimate of drug-likeness (QED) is 0.441. The summed E-state index contributed by atoms with van der Waals surface area (Å²) in [5.41, 5.74) is 2.41. The number of amides is 1. The van der Waals surface area contributed by atoms with Crippen LogP contribution in [-0.2, 0) is 16.0 Å². The highest BCUT2D eigenvalue weighted by atomic mass is 16.5. The minimum absolute atomic E-state index is 0.0552. The fourth-order valence-corrected chi connectivity index (χ4v) is 4.29. The van der Waals surface area contributed by atoms with Gasteiger partial charge in [-0.2, -0.15) is 0 Å². The highest BCUT2D eigenvalue weighted by Gasteiger charge is 2.22. The Morgan fingerprint density at radius 1 is 0.938 bits per heavy atom. The second kappa shape index (κ2) is 13.1. The molecule has 0 heterocycles. The highest BCUT2D eigenvalue weighted by molar-refractivity contribution is 5.76. The van der Waals surface area contributed by atoms with Crippen LogP contribution in [0.15, 0.2) is 48.5 Å². The van der Waals surface area contributed by atoms with Crippen LogP contribution in [0.1, 0.15) is 49.7 Å². The molecule has 1 aliphatic carbocycles. The zero-order valence-corrected chi connectivity index (χ0v) is 19.5. The van der Waals surface area contributed by atoms with Crippen molar-refractivity contribution in [3.8, 4) is 11.5 Å². The smallest absolute Gasteiger partial charge is 0.223 e. The molecule has 5 heteroatoms. The molecule has 2 aromatic rings. The van der Waals surface area contributed by atoms with Crippen molar-refractivity contribution < 1.29 is 19.0 Å². The lowest BCUT2D eigenvalue weighted by Gasteiger charge is -2.22. The predicted molar refractivity (Wildman–Crippen MR) is 127 cm³/mol. The summed E-state index contributed by atoms with van der Waals surface area (Å²) in [6.07, 6.45) is 7.40. The first kappa shape index (κ1) is 24.1. The SMILES string of the molecule is COCCOc1ccc(CC(CC2CCCC2)NC(=O)CCOc2ccc(C)cc2)cc1. The number of nitrogens with one attached hydrogen (secondary N) is 1. The van der Waals surface area contributed by atoms with Gasteiger partial charge in [-0.3, -0.25) is 4.79 Å². The summed E-state index contributed by atoms with van der Waals surface area (Å²) in [5.74, 6) is 2.41. The van der Waals surface area contributed by atoms with Gasteiger partial charge in [-0.15, -0.1) is 0 Å². The molecule has 1 atom stereocenters. The van der Waals surface area contributed by atoms with Gasteiger partial charge in [0.1, 0.15) is 18.1 Å². The maximum absolute atomic E-state index is 12.6. The number of ether oxygens (including phenoxy) is 3. The van der Waals surface area contributed by atoms with Gasteiger partial charge in [0, 0.05) is 13.2 Å². The Kier molecular flexibility index (Phi) is 9.89. The van der Waals surface area contributed by atoms with Gasteiger partial charge in [0.05, 0.1) is 19.6 Å². The van der Waals surface area contributed by atoms with Gasteiger partial charge in [0.2, 0.25) is 5.91 Å². The van der Waals surface area contributed by atoms with Crippen molar-refractivity contribution in [1.82, 2.24) is 5.32 Å². The van der Waals surface area contributed by atoms with Gasteiger partial charge >= 0.3 is 0 Å². The van der Waals surface area contributed by atoms with Crippen LogP contribution in [0.3, 0.4) is 0 Å². The monoisotopic (exact) mass is 439 g/mol. The number of hydrogen-bond donors (Lipinski definition) is 1. The van der Waals surface area contributed by atoms with E-state index >= 15 is 0 Å². The Bertz CT molecular complexity index is 797. The minimum Gasteiger partial charge on any atom is -0.493 e. The van der Waals surface area contributed by atoms with E-state index in [1.54, 1.807) is 7.11 Å². The molecule has 1 N–H and O–H groups in total. The topological polar surface area (TPSA) is 56.8 Å². The van der Waals surface area contributed by atoms with Crippen molar-refractivity contribution in [2.24, 2.45) is 5.92 Å². The summed E-state index contributed by atoms with van der Waals surface area (Å²) in [5, 5.41) is 3.28. The number of benzene rings is 2. The second-order valence-corrected chi connectivity index (χ2v) is 8.75. The molecule has 0 aliphatic heterocycles. The number of carbonyl (C=O) groups excluding carboxylic acids is 1. The first-order chi connectivity index (χ1) is 15.6. The van der Waals surface area contributed by atoms with Crippen molar-refractivity contribution in [2.45, 2.75) is 57.9 Å². The summed E-state index contributed by atoms with van der Waals surface area (Å²) in [6.45, 7) is 3.55. The Morgan fingerprint density at radius 3 is 2.22 bits per heavy atom. The van der Waals surface area contributed by atoms with Gasteiger partial charge in [-0.05, 0) is 55.5 Å². The molecule has 2 aromatic carbocycles. The Balaban J connectivity index is 1.50. The largest absolute Gasteiger partial charge is 0.493 e. The molecule has 0 spiro atoms. The molecular weight excluding hydrogens is 402 g/mol. The standard InChI is InChI=1S/C27H37NO4/c1-21-7-11-25(12-8-21)31-16-15-27(29)28-24(19-22-5-3-4-6-22)20-23-9-13-26(14-10-23)32-18-17-30-2/h7-14,22,24H,3-6,15-20H2,1-2H3,(H,28,29). The normalized spacial score (nSPS) is 14.8. The van der Waals surface area contributed by atoms with Gasteiger partial charge < -0.3 is 19.5 Å². The van der Waals surface area contributed by atoms with Crippen LogP contribution in [0.2, 0.25) is 0 Å². The maximum Gasteiger partial charge on any atom is 0.223 e. The zero-order chi connectivity index (χ0) is 22.6. The average Bonchev–Trinajstić information content (AvgIpc) is 3.29. The van der Waals surface area contributed by atoms with Crippen LogP contribution in [0.25, 0.3) is 0 Å². The van der Waals surface area contributed by atoms with E-state index in [2.05, 4.69) is 17.4 Å². The van der Waals surface area contributed by atoms with E-state index in [0.717, 1.165) is 24.3 Å². The third kappa shape index (κ3) is 8.54. The van der Waals surface area contributed by atoms with Crippen molar-refractivity contribution in [3.63, 3.8) is 0 Å². The van der Waals surface area contributed by atoms with Gasteiger partial charge in [-0.1, -0.05) is 55.5 Å². The Labute approximate surface area is 192 Å². The fourth-order valence-electron chi connectivity index (χ4n) is 4.29. The molecule has 1 amide bonds. The van der Waals surface area contributed by atoms with E-state index in [-0.39, 0.29) is 11.9 Å². The lowest BCUT2D eigenvalue weighted by atomic mass is 9.93. The van der Waals surface area contributed by atoms with Gasteiger partial charge in [-0.25, -0.2) is 0 Å². The summed E-state index contributed by atoms with van der Waals surface area (Å²) < 4.78 is 16.4. The number of aryl methyl sites for hydroxylation is 1. The van der Waals surface area contributed by atoms with Gasteiger partial charge in [0.25, 0.3) is 0 Å². The van der Waals surface area contributed by atoms with Crippen LogP contribution < -0.4 is 14.8 Å². The third-order valence-electron chi connectivity index (χ3n) is 6.04. The van der Waals surface area contributed by atoms with Crippen LogP contribution in [0.4, 0.5) is 0 Å². The van der Waals surface area contributed by atoms with Crippen LogP contribution in [-0.4, -0.2) is 38.9 Å². The first-order valence-corrected chi connectivity index (χ1v) is 11.8. The Hall–Kier alpha value is -2.53. The van der Waals surface area contributed by atoms with Crippen molar-refractivity contribution >= 4 is 5.91 Å². The number of methoxy groups -OCH3 is 1. The summed E-state index contributed by atoms with van der Waals surface area (Å²) in [7, 11) is 1.67. The average molecular weight is 440 g/mol. The molecule has 0 aromatic heterocycles. The van der Waals surface area contributed by atoms with E-state index in [1.165, 1.54) is 36.8 Å². The molecule has 1 fully saturated rings. The molecule has 3 rings (SSSR count). The number of hydrogen-bond acceptors (Lipinski definition) is 4. The zero-order valence-electron chi connectivity index (χ0n) is 19.5. The lowest BCUT2D eigenvalue weighted by molar-refractivity contribution is -0.122. The number of carbonyl (C=O) groups is 1. The van der Waals surface area contributed by atoms with Gasteiger partial charge in [0.15, 0.2) is 0 Å². The fraction of sp³-hybridized carbons (Fsp3) is 0.519. The van der Waals surface area contributed by atoms with Crippen molar-refractivity contribution in [1.29, 1.82) is 0 Å². The lowest BCUT2D eigenvalue weighted by Crippen LogP contribution is -2.38. The molecule has 1 unspecified atom stereocenters. The molecule has 0 saturated heterocycles. The van der Waals surface area contributed by atoms with E-state index in [4.69, 9.17) is 14.2 Å². The van der Waals surface area contributed by atoms with E-state index in [0.29, 0.717) is 32.2 Å². The molecule has 174 valence electrons.